The maximum absolute atomic E-state index is 12.2. The van der Waals surface area contributed by atoms with Crippen LogP contribution in [0.1, 0.15) is 50.5 Å². The maximum Gasteiger partial charge on any atom is 0.258 e. The van der Waals surface area contributed by atoms with Crippen molar-refractivity contribution in [2.75, 3.05) is 44.4 Å². The molecule has 0 bridgehead atoms. The fraction of sp³-hybridized carbons (Fsp3) is 0.288. The molecule has 4 aromatic carbocycles. The van der Waals surface area contributed by atoms with Crippen LogP contribution in [0.15, 0.2) is 110 Å². The summed E-state index contributed by atoms with van der Waals surface area (Å²) in [4.78, 5) is 35.6. The Kier molecular flexibility index (Phi) is 15.1. The average molecular weight is 992 g/mol. The van der Waals surface area contributed by atoms with Gasteiger partial charge in [-0.3, -0.25) is 29.0 Å². The van der Waals surface area contributed by atoms with Gasteiger partial charge in [0.05, 0.1) is 47.4 Å². The van der Waals surface area contributed by atoms with Crippen LogP contribution in [0.3, 0.4) is 0 Å². The number of aromatic amines is 2. The van der Waals surface area contributed by atoms with Gasteiger partial charge in [-0.25, -0.2) is 9.97 Å². The monoisotopic (exact) mass is 990 g/mol. The number of nitrogens with zero attached hydrogens (tertiary/aromatic N) is 10. The van der Waals surface area contributed by atoms with Crippen LogP contribution in [-0.2, 0) is 34.2 Å². The van der Waals surface area contributed by atoms with Gasteiger partial charge in [-0.1, -0.05) is 29.8 Å². The number of aromatic nitrogens is 11. The van der Waals surface area contributed by atoms with Crippen molar-refractivity contribution in [2.45, 2.75) is 52.6 Å². The minimum Gasteiger partial charge on any atom is -0.484 e. The zero-order chi connectivity index (χ0) is 50.1. The molecule has 0 atom stereocenters. The summed E-state index contributed by atoms with van der Waals surface area (Å²) in [7, 11) is 1.88. The number of pyridine rings is 1. The molecule has 370 valence electrons. The highest BCUT2D eigenvalue weighted by Crippen LogP contribution is 2.34. The first-order valence-corrected chi connectivity index (χ1v) is 24.0. The lowest BCUT2D eigenvalue weighted by Gasteiger charge is -2.30. The fourth-order valence-electron chi connectivity index (χ4n) is 8.21. The second-order valence-corrected chi connectivity index (χ2v) is 18.2. The first kappa shape index (κ1) is 48.8. The first-order valence-electron chi connectivity index (χ1n) is 23.7. The largest absolute Gasteiger partial charge is 0.484 e. The number of halogens is 1. The van der Waals surface area contributed by atoms with E-state index in [1.54, 1.807) is 17.1 Å². The number of nitrogens with one attached hydrogen (secondary N) is 4. The molecule has 9 aromatic rings. The molecule has 1 aliphatic rings. The number of carbonyl (C=O) groups excluding carboxylic acids is 2. The van der Waals surface area contributed by atoms with Gasteiger partial charge in [0.2, 0.25) is 0 Å². The number of anilines is 1. The number of hydrogen-bond donors (Lipinski definition) is 4. The Bertz CT molecular complexity index is 3290. The number of hydrogen-bond acceptors (Lipinski definition) is 13. The third-order valence-corrected chi connectivity index (χ3v) is 12.1. The lowest BCUT2D eigenvalue weighted by molar-refractivity contribution is -0.124. The summed E-state index contributed by atoms with van der Waals surface area (Å²) < 4.78 is 20.8. The van der Waals surface area contributed by atoms with Gasteiger partial charge < -0.3 is 29.7 Å². The van der Waals surface area contributed by atoms with Crippen LogP contribution in [-0.4, -0.2) is 118 Å². The van der Waals surface area contributed by atoms with Crippen molar-refractivity contribution < 1.29 is 23.8 Å². The van der Waals surface area contributed by atoms with Crippen molar-refractivity contribution in [1.82, 2.24) is 65.5 Å². The molecular formula is C52H55ClN14O5. The number of amides is 2. The van der Waals surface area contributed by atoms with Crippen molar-refractivity contribution in [3.05, 3.63) is 137 Å². The predicted molar refractivity (Wildman–Crippen MR) is 274 cm³/mol. The molecule has 0 aliphatic carbocycles. The molecule has 20 heteroatoms. The number of aryl methyl sites for hydroxylation is 1. The summed E-state index contributed by atoms with van der Waals surface area (Å²) in [6.07, 6.45) is 6.40. The fourth-order valence-corrected chi connectivity index (χ4v) is 8.49. The Labute approximate surface area is 420 Å². The Morgan fingerprint density at radius 3 is 2.25 bits per heavy atom. The Morgan fingerprint density at radius 1 is 0.778 bits per heavy atom. The van der Waals surface area contributed by atoms with E-state index in [-0.39, 0.29) is 37.1 Å². The van der Waals surface area contributed by atoms with E-state index in [2.05, 4.69) is 68.3 Å². The average Bonchev–Trinajstić information content (AvgIpc) is 4.22. The van der Waals surface area contributed by atoms with Gasteiger partial charge in [0, 0.05) is 73.2 Å². The number of fused-ring (bicyclic) bond motifs is 2. The minimum absolute atomic E-state index is 0.0349. The molecule has 1 aliphatic heterocycles. The summed E-state index contributed by atoms with van der Waals surface area (Å²) in [5.74, 6) is 4.51. The number of carbonyl (C=O) groups is 2. The number of morpholine rings is 1. The van der Waals surface area contributed by atoms with Crippen LogP contribution >= 0.6 is 11.6 Å². The van der Waals surface area contributed by atoms with Crippen molar-refractivity contribution in [2.24, 2.45) is 7.05 Å². The predicted octanol–water partition coefficient (Wildman–Crippen LogP) is 7.04. The molecule has 6 heterocycles. The Balaban J connectivity index is 0.000000178. The molecule has 10 rings (SSSR count). The third kappa shape index (κ3) is 11.7. The number of rotatable bonds is 16. The summed E-state index contributed by atoms with van der Waals surface area (Å²) >= 11 is 6.64. The molecule has 0 unspecified atom stereocenters. The van der Waals surface area contributed by atoms with Gasteiger partial charge in [-0.2, -0.15) is 15.3 Å². The van der Waals surface area contributed by atoms with Crippen LogP contribution in [0.5, 0.6) is 11.5 Å². The SMILES string of the molecule is CC(C)NC(=O)COc1ccc(-c2nc(Cc3ccc4[nH]ncc4c3Cl)n(C)n2)cc1N1CCOCC1.CC(C)NC(=O)COc1ccc(-c2nnc(Cc3ccc4[nH]ncc4c3)n2-c2ccccn2)cc1. The molecule has 0 radical (unpaired) electrons. The molecule has 2 amide bonds. The maximum atomic E-state index is 12.2. The highest BCUT2D eigenvalue weighted by atomic mass is 35.5. The summed E-state index contributed by atoms with van der Waals surface area (Å²) in [5.41, 5.74) is 6.54. The number of ether oxygens (including phenoxy) is 3. The molecule has 0 spiro atoms. The third-order valence-electron chi connectivity index (χ3n) is 11.6. The van der Waals surface area contributed by atoms with Crippen molar-refractivity contribution >= 4 is 50.9 Å². The zero-order valence-corrected chi connectivity index (χ0v) is 41.4. The van der Waals surface area contributed by atoms with Crippen LogP contribution in [0.2, 0.25) is 5.02 Å². The quantitative estimate of drug-likeness (QED) is 0.0764. The van der Waals surface area contributed by atoms with Gasteiger partial charge in [-0.05, 0) is 112 Å². The van der Waals surface area contributed by atoms with Gasteiger partial charge in [0.25, 0.3) is 11.8 Å². The summed E-state index contributed by atoms with van der Waals surface area (Å²) in [6.45, 7) is 10.3. The van der Waals surface area contributed by atoms with Crippen molar-refractivity contribution in [3.63, 3.8) is 0 Å². The normalized spacial score (nSPS) is 12.6. The van der Waals surface area contributed by atoms with Gasteiger partial charge in [0.1, 0.15) is 29.0 Å². The molecule has 1 saturated heterocycles. The second kappa shape index (κ2) is 22.3. The second-order valence-electron chi connectivity index (χ2n) is 17.8. The van der Waals surface area contributed by atoms with Gasteiger partial charge in [0.15, 0.2) is 24.9 Å². The Morgan fingerprint density at radius 2 is 1.50 bits per heavy atom. The van der Waals surface area contributed by atoms with E-state index in [1.165, 1.54) is 0 Å². The van der Waals surface area contributed by atoms with E-state index in [0.717, 1.165) is 80.3 Å². The van der Waals surface area contributed by atoms with E-state index in [0.29, 0.717) is 54.2 Å². The molecule has 19 nitrogen and oxygen atoms in total. The molecule has 72 heavy (non-hydrogen) atoms. The van der Waals surface area contributed by atoms with E-state index in [1.807, 2.05) is 124 Å². The van der Waals surface area contributed by atoms with Gasteiger partial charge in [-0.15, -0.1) is 10.2 Å². The summed E-state index contributed by atoms with van der Waals surface area (Å²) in [6, 6.07) is 29.2. The van der Waals surface area contributed by atoms with Gasteiger partial charge >= 0.3 is 0 Å². The standard InChI is InChI=1S/C26H30ClN7O3.C26H25N7O2/c1-16(2)29-24(35)15-37-22-7-5-18(12-21(22)34-8-10-36-11-9-34)26-30-23(33(3)32-26)13-17-4-6-20-19(25(17)27)14-28-31-20;1-17(2)29-25(34)16-35-21-9-7-19(8-10-21)26-32-31-24(33(26)23-5-3-4-12-27-23)14-18-6-11-22-20(13-18)15-28-30-22/h4-7,12,14,16H,8-11,13,15H2,1-3H3,(H,28,31)(H,29,35);3-13,15,17H,14,16H2,1-2H3,(H,28,30)(H,29,34). The lowest BCUT2D eigenvalue weighted by atomic mass is 10.1. The highest BCUT2D eigenvalue weighted by molar-refractivity contribution is 6.36. The molecule has 5 aromatic heterocycles. The van der Waals surface area contributed by atoms with E-state index < -0.39 is 0 Å². The van der Waals surface area contributed by atoms with Crippen LogP contribution in [0.4, 0.5) is 5.69 Å². The topological polar surface area (TPSA) is 221 Å². The Hall–Kier alpha value is -8.16. The molecular weight excluding hydrogens is 936 g/mol. The summed E-state index contributed by atoms with van der Waals surface area (Å²) in [5, 5.41) is 36.0. The molecule has 0 saturated carbocycles. The van der Waals surface area contributed by atoms with Crippen molar-refractivity contribution in [1.29, 1.82) is 0 Å². The van der Waals surface area contributed by atoms with Crippen molar-refractivity contribution in [3.8, 4) is 40.1 Å². The number of H-pyrrole nitrogens is 2. The van der Waals surface area contributed by atoms with E-state index >= 15 is 0 Å². The van der Waals surface area contributed by atoms with E-state index in [4.69, 9.17) is 30.8 Å². The first-order chi connectivity index (χ1) is 34.9. The van der Waals surface area contributed by atoms with Crippen LogP contribution < -0.4 is 25.0 Å². The number of benzene rings is 4. The lowest BCUT2D eigenvalue weighted by Crippen LogP contribution is -2.37. The van der Waals surface area contributed by atoms with Crippen LogP contribution in [0.25, 0.3) is 50.4 Å². The molecule has 1 fully saturated rings. The highest BCUT2D eigenvalue weighted by Gasteiger charge is 2.21. The molecule has 4 N–H and O–H groups in total. The zero-order valence-electron chi connectivity index (χ0n) is 40.6. The smallest absolute Gasteiger partial charge is 0.258 e. The van der Waals surface area contributed by atoms with E-state index in [9.17, 15) is 9.59 Å². The minimum atomic E-state index is -0.157. The van der Waals surface area contributed by atoms with Crippen LogP contribution in [0, 0.1) is 0 Å².